The third-order valence-corrected chi connectivity index (χ3v) is 3.22. The summed E-state index contributed by atoms with van der Waals surface area (Å²) in [6.07, 6.45) is 5.38. The summed E-state index contributed by atoms with van der Waals surface area (Å²) in [5.74, 6) is 0. The molecule has 4 heteroatoms. The maximum atomic E-state index is 5.54. The Hall–Kier alpha value is -0.610. The zero-order valence-electron chi connectivity index (χ0n) is 7.62. The summed E-state index contributed by atoms with van der Waals surface area (Å²) in [7, 11) is 0. The Labute approximate surface area is 82.4 Å². The summed E-state index contributed by atoms with van der Waals surface area (Å²) in [6, 6.07) is 0.711. The van der Waals surface area contributed by atoms with Crippen molar-refractivity contribution in [1.82, 2.24) is 10.3 Å². The van der Waals surface area contributed by atoms with E-state index in [2.05, 4.69) is 10.3 Å². The van der Waals surface area contributed by atoms with Gasteiger partial charge >= 0.3 is 0 Å². The predicted octanol–water partition coefficient (Wildman–Crippen LogP) is 1.76. The minimum absolute atomic E-state index is 0.670. The van der Waals surface area contributed by atoms with E-state index < -0.39 is 0 Å². The molecular weight excluding hydrogens is 182 g/mol. The molecule has 2 rings (SSSR count). The van der Waals surface area contributed by atoms with Gasteiger partial charge in [-0.05, 0) is 12.8 Å². The number of thiazole rings is 1. The molecule has 1 aliphatic carbocycles. The van der Waals surface area contributed by atoms with Gasteiger partial charge in [-0.1, -0.05) is 12.8 Å². The third-order valence-electron chi connectivity index (χ3n) is 2.50. The van der Waals surface area contributed by atoms with Crippen LogP contribution >= 0.6 is 11.3 Å². The molecule has 0 aromatic carbocycles. The first-order valence-corrected chi connectivity index (χ1v) is 5.66. The van der Waals surface area contributed by atoms with Gasteiger partial charge in [-0.15, -0.1) is 11.3 Å². The molecule has 0 saturated heterocycles. The van der Waals surface area contributed by atoms with Crippen molar-refractivity contribution in [3.05, 3.63) is 11.1 Å². The molecule has 1 saturated carbocycles. The average molecular weight is 197 g/mol. The summed E-state index contributed by atoms with van der Waals surface area (Å²) in [4.78, 5) is 4.21. The van der Waals surface area contributed by atoms with Crippen molar-refractivity contribution in [2.75, 3.05) is 5.73 Å². The predicted molar refractivity (Wildman–Crippen MR) is 55.6 cm³/mol. The molecule has 0 radical (unpaired) electrons. The highest BCUT2D eigenvalue weighted by Gasteiger charge is 2.14. The van der Waals surface area contributed by atoms with Crippen LogP contribution in [0.4, 0.5) is 5.13 Å². The highest BCUT2D eigenvalue weighted by Crippen LogP contribution is 2.18. The van der Waals surface area contributed by atoms with Crippen molar-refractivity contribution in [2.45, 2.75) is 38.3 Å². The van der Waals surface area contributed by atoms with E-state index in [0.717, 1.165) is 12.2 Å². The minimum atomic E-state index is 0.670. The summed E-state index contributed by atoms with van der Waals surface area (Å²) in [6.45, 7) is 0.873. The Balaban J connectivity index is 1.78. The van der Waals surface area contributed by atoms with Gasteiger partial charge < -0.3 is 11.1 Å². The van der Waals surface area contributed by atoms with Gasteiger partial charge in [-0.3, -0.25) is 0 Å². The Morgan fingerprint density at radius 2 is 2.31 bits per heavy atom. The maximum absolute atomic E-state index is 5.54. The average Bonchev–Trinajstić information content (AvgIpc) is 2.71. The van der Waals surface area contributed by atoms with E-state index in [4.69, 9.17) is 5.73 Å². The van der Waals surface area contributed by atoms with Gasteiger partial charge in [0.1, 0.15) is 0 Å². The number of hydrogen-bond acceptors (Lipinski definition) is 4. The van der Waals surface area contributed by atoms with Crippen LogP contribution in [0.15, 0.2) is 5.38 Å². The van der Waals surface area contributed by atoms with E-state index in [-0.39, 0.29) is 0 Å². The summed E-state index contributed by atoms with van der Waals surface area (Å²) in [5, 5.41) is 6.19. The molecule has 0 amide bonds. The lowest BCUT2D eigenvalue weighted by Crippen LogP contribution is -2.25. The van der Waals surface area contributed by atoms with E-state index >= 15 is 0 Å². The number of nitrogens with one attached hydrogen (secondary N) is 1. The molecule has 0 atom stereocenters. The van der Waals surface area contributed by atoms with Crippen molar-refractivity contribution in [3.63, 3.8) is 0 Å². The molecule has 0 bridgehead atoms. The molecule has 3 nitrogen and oxygen atoms in total. The molecule has 13 heavy (non-hydrogen) atoms. The van der Waals surface area contributed by atoms with Gasteiger partial charge in [0.05, 0.1) is 5.69 Å². The van der Waals surface area contributed by atoms with Gasteiger partial charge in [0.2, 0.25) is 0 Å². The Bertz CT molecular complexity index is 266. The Morgan fingerprint density at radius 3 is 2.92 bits per heavy atom. The second kappa shape index (κ2) is 4.07. The molecule has 1 heterocycles. The van der Waals surface area contributed by atoms with Gasteiger partial charge in [0.25, 0.3) is 0 Å². The highest BCUT2D eigenvalue weighted by atomic mass is 32.1. The molecule has 1 aliphatic rings. The van der Waals surface area contributed by atoms with Gasteiger partial charge in [0, 0.05) is 18.0 Å². The molecule has 0 aliphatic heterocycles. The lowest BCUT2D eigenvalue weighted by atomic mass is 10.2. The van der Waals surface area contributed by atoms with E-state index in [0.29, 0.717) is 11.2 Å². The number of nitrogens with two attached hydrogens (primary N) is 1. The first-order chi connectivity index (χ1) is 6.34. The van der Waals surface area contributed by atoms with Crippen molar-refractivity contribution < 1.29 is 0 Å². The van der Waals surface area contributed by atoms with Crippen molar-refractivity contribution in [1.29, 1.82) is 0 Å². The zero-order chi connectivity index (χ0) is 9.10. The van der Waals surface area contributed by atoms with Crippen molar-refractivity contribution in [3.8, 4) is 0 Å². The number of nitrogen functional groups attached to an aromatic ring is 1. The smallest absolute Gasteiger partial charge is 0.180 e. The zero-order valence-corrected chi connectivity index (χ0v) is 8.44. The third kappa shape index (κ3) is 2.42. The minimum Gasteiger partial charge on any atom is -0.375 e. The molecule has 1 fully saturated rings. The molecule has 0 unspecified atom stereocenters. The van der Waals surface area contributed by atoms with E-state index in [1.807, 2.05) is 5.38 Å². The summed E-state index contributed by atoms with van der Waals surface area (Å²) in [5.41, 5.74) is 6.62. The first kappa shape index (κ1) is 8.97. The van der Waals surface area contributed by atoms with Crippen LogP contribution in [0.2, 0.25) is 0 Å². The molecular formula is C9H15N3S. The first-order valence-electron chi connectivity index (χ1n) is 4.78. The van der Waals surface area contributed by atoms with Gasteiger partial charge in [-0.2, -0.15) is 0 Å². The normalized spacial score (nSPS) is 18.2. The van der Waals surface area contributed by atoms with Crippen LogP contribution in [0.25, 0.3) is 0 Å². The lowest BCUT2D eigenvalue weighted by Gasteiger charge is -2.09. The van der Waals surface area contributed by atoms with Crippen LogP contribution in [0.1, 0.15) is 31.4 Å². The standard InChI is InChI=1S/C9H15N3S/c10-9-12-8(6-13-9)5-11-7-3-1-2-4-7/h6-7,11H,1-5H2,(H2,10,12). The number of nitrogens with zero attached hydrogens (tertiary/aromatic N) is 1. The molecule has 1 aromatic rings. The highest BCUT2D eigenvalue weighted by molar-refractivity contribution is 7.13. The van der Waals surface area contributed by atoms with Crippen LogP contribution in [0, 0.1) is 0 Å². The molecule has 72 valence electrons. The van der Waals surface area contributed by atoms with Crippen LogP contribution in [0.3, 0.4) is 0 Å². The summed E-state index contributed by atoms with van der Waals surface area (Å²) >= 11 is 1.51. The van der Waals surface area contributed by atoms with E-state index in [1.54, 1.807) is 0 Å². The molecule has 3 N–H and O–H groups in total. The Kier molecular flexibility index (Phi) is 2.80. The second-order valence-electron chi connectivity index (χ2n) is 3.54. The maximum Gasteiger partial charge on any atom is 0.180 e. The number of aromatic nitrogens is 1. The van der Waals surface area contributed by atoms with Crippen LogP contribution in [-0.4, -0.2) is 11.0 Å². The van der Waals surface area contributed by atoms with Gasteiger partial charge in [-0.25, -0.2) is 4.98 Å². The number of hydrogen-bond donors (Lipinski definition) is 2. The molecule has 1 aromatic heterocycles. The number of rotatable bonds is 3. The van der Waals surface area contributed by atoms with Gasteiger partial charge in [0.15, 0.2) is 5.13 Å². The van der Waals surface area contributed by atoms with Crippen molar-refractivity contribution >= 4 is 16.5 Å². The fourth-order valence-corrected chi connectivity index (χ4v) is 2.35. The Morgan fingerprint density at radius 1 is 1.54 bits per heavy atom. The summed E-state index contributed by atoms with van der Waals surface area (Å²) < 4.78 is 0. The fraction of sp³-hybridized carbons (Fsp3) is 0.667. The number of anilines is 1. The van der Waals surface area contributed by atoms with Crippen molar-refractivity contribution in [2.24, 2.45) is 0 Å². The van der Waals surface area contributed by atoms with E-state index in [9.17, 15) is 0 Å². The lowest BCUT2D eigenvalue weighted by molar-refractivity contribution is 0.520. The fourth-order valence-electron chi connectivity index (χ4n) is 1.78. The quantitative estimate of drug-likeness (QED) is 0.776. The topological polar surface area (TPSA) is 50.9 Å². The largest absolute Gasteiger partial charge is 0.375 e. The monoisotopic (exact) mass is 197 g/mol. The second-order valence-corrected chi connectivity index (χ2v) is 4.43. The SMILES string of the molecule is Nc1nc(CNC2CCCC2)cs1. The molecule has 0 spiro atoms. The van der Waals surface area contributed by atoms with E-state index in [1.165, 1.54) is 37.0 Å². The van der Waals surface area contributed by atoms with Crippen LogP contribution in [0.5, 0.6) is 0 Å². The van der Waals surface area contributed by atoms with Crippen LogP contribution in [-0.2, 0) is 6.54 Å². The van der Waals surface area contributed by atoms with Crippen LogP contribution < -0.4 is 11.1 Å².